The Bertz CT molecular complexity index is 597. The molecule has 20 heavy (non-hydrogen) atoms. The summed E-state index contributed by atoms with van der Waals surface area (Å²) in [6.45, 7) is 4.49. The van der Waals surface area contributed by atoms with Crippen molar-refractivity contribution in [2.24, 2.45) is 5.92 Å². The van der Waals surface area contributed by atoms with Crippen molar-refractivity contribution in [2.75, 3.05) is 7.05 Å². The molecule has 0 bridgehead atoms. The Hall–Kier alpha value is -0.430. The molecule has 0 spiro atoms. The van der Waals surface area contributed by atoms with Crippen molar-refractivity contribution in [1.82, 2.24) is 10.0 Å². The highest BCUT2D eigenvalue weighted by atomic mass is 79.9. The van der Waals surface area contributed by atoms with Crippen molar-refractivity contribution >= 4 is 26.0 Å². The molecule has 1 aromatic carbocycles. The second kappa shape index (κ2) is 6.13. The smallest absolute Gasteiger partial charge is 0.241 e. The average Bonchev–Trinajstić information content (AvgIpc) is 3.17. The van der Waals surface area contributed by atoms with Crippen LogP contribution in [0.25, 0.3) is 0 Å². The number of hydrogen-bond donors (Lipinski definition) is 2. The molecule has 1 aromatic rings. The van der Waals surface area contributed by atoms with Crippen molar-refractivity contribution in [3.8, 4) is 0 Å². The summed E-state index contributed by atoms with van der Waals surface area (Å²) in [5.41, 5.74) is 1.89. The minimum absolute atomic E-state index is 0.000150. The molecule has 0 aliphatic heterocycles. The molecule has 1 unspecified atom stereocenters. The van der Waals surface area contributed by atoms with Gasteiger partial charge >= 0.3 is 0 Å². The molecule has 0 aromatic heterocycles. The molecule has 1 aliphatic carbocycles. The Morgan fingerprint density at radius 3 is 2.60 bits per heavy atom. The van der Waals surface area contributed by atoms with Crippen molar-refractivity contribution in [3.63, 3.8) is 0 Å². The van der Waals surface area contributed by atoms with Crippen molar-refractivity contribution in [3.05, 3.63) is 27.7 Å². The lowest BCUT2D eigenvalue weighted by Gasteiger charge is -2.16. The molecule has 0 amide bonds. The number of rotatable bonds is 6. The van der Waals surface area contributed by atoms with Crippen molar-refractivity contribution < 1.29 is 8.42 Å². The highest BCUT2D eigenvalue weighted by Crippen LogP contribution is 2.34. The molecule has 6 heteroatoms. The first-order valence-corrected chi connectivity index (χ1v) is 9.08. The maximum atomic E-state index is 12.5. The van der Waals surface area contributed by atoms with Gasteiger partial charge in [-0.25, -0.2) is 13.1 Å². The van der Waals surface area contributed by atoms with Crippen molar-refractivity contribution in [1.29, 1.82) is 0 Å². The van der Waals surface area contributed by atoms with Crippen LogP contribution < -0.4 is 10.0 Å². The predicted octanol–water partition coefficient (Wildman–Crippen LogP) is 2.55. The van der Waals surface area contributed by atoms with Crippen LogP contribution in [-0.2, 0) is 16.6 Å². The lowest BCUT2D eigenvalue weighted by atomic mass is 10.1. The van der Waals surface area contributed by atoms with Gasteiger partial charge in [0.15, 0.2) is 0 Å². The van der Waals surface area contributed by atoms with Crippen LogP contribution >= 0.6 is 15.9 Å². The average molecular weight is 361 g/mol. The molecule has 1 saturated carbocycles. The van der Waals surface area contributed by atoms with Gasteiger partial charge in [0.2, 0.25) is 10.0 Å². The lowest BCUT2D eigenvalue weighted by molar-refractivity contribution is 0.537. The van der Waals surface area contributed by atoms with Gasteiger partial charge in [-0.1, -0.05) is 6.07 Å². The van der Waals surface area contributed by atoms with Crippen LogP contribution in [0.4, 0.5) is 0 Å². The number of hydrogen-bond acceptors (Lipinski definition) is 3. The summed E-state index contributed by atoms with van der Waals surface area (Å²) in [6, 6.07) is 3.72. The first-order valence-electron chi connectivity index (χ1n) is 6.81. The third-order valence-corrected chi connectivity index (χ3v) is 6.52. The number of sulfonamides is 1. The quantitative estimate of drug-likeness (QED) is 0.819. The summed E-state index contributed by atoms with van der Waals surface area (Å²) >= 11 is 3.40. The molecule has 1 atom stereocenters. The minimum Gasteiger partial charge on any atom is -0.316 e. The molecule has 2 N–H and O–H groups in total. The summed E-state index contributed by atoms with van der Waals surface area (Å²) < 4.78 is 28.5. The zero-order valence-corrected chi connectivity index (χ0v) is 14.4. The zero-order chi connectivity index (χ0) is 14.9. The van der Waals surface area contributed by atoms with Crippen LogP contribution in [0.15, 0.2) is 21.5 Å². The Morgan fingerprint density at radius 1 is 1.40 bits per heavy atom. The van der Waals surface area contributed by atoms with E-state index in [-0.39, 0.29) is 6.04 Å². The fraction of sp³-hybridized carbons (Fsp3) is 0.571. The van der Waals surface area contributed by atoms with Crippen LogP contribution in [0, 0.1) is 12.8 Å². The summed E-state index contributed by atoms with van der Waals surface area (Å²) in [4.78, 5) is 0.329. The maximum absolute atomic E-state index is 12.5. The number of benzene rings is 1. The van der Waals surface area contributed by atoms with Crippen molar-refractivity contribution in [2.45, 2.75) is 44.2 Å². The van der Waals surface area contributed by atoms with E-state index in [9.17, 15) is 8.42 Å². The van der Waals surface area contributed by atoms with Gasteiger partial charge in [-0.2, -0.15) is 0 Å². The van der Waals surface area contributed by atoms with Gasteiger partial charge in [0, 0.05) is 17.1 Å². The predicted molar refractivity (Wildman–Crippen MR) is 84.2 cm³/mol. The second-order valence-electron chi connectivity index (χ2n) is 5.50. The van der Waals surface area contributed by atoms with E-state index in [2.05, 4.69) is 26.0 Å². The van der Waals surface area contributed by atoms with E-state index in [4.69, 9.17) is 0 Å². The van der Waals surface area contributed by atoms with Crippen LogP contribution in [-0.4, -0.2) is 21.5 Å². The van der Waals surface area contributed by atoms with E-state index in [1.165, 1.54) is 0 Å². The molecular formula is C14H21BrN2O2S. The van der Waals surface area contributed by atoms with Crippen LogP contribution in [0.5, 0.6) is 0 Å². The standard InChI is InChI=1S/C14H21BrN2O2S/c1-9-6-11(8-16-3)7-13(14(9)15)20(18,19)17-10(2)12-4-5-12/h6-7,10,12,16-17H,4-5,8H2,1-3H3. The van der Waals surface area contributed by atoms with E-state index < -0.39 is 10.0 Å². The van der Waals surface area contributed by atoms with Crippen LogP contribution in [0.2, 0.25) is 0 Å². The Balaban J connectivity index is 2.33. The molecular weight excluding hydrogens is 340 g/mol. The van der Waals surface area contributed by atoms with Gasteiger partial charge in [-0.3, -0.25) is 0 Å². The van der Waals surface area contributed by atoms with E-state index in [1.807, 2.05) is 27.0 Å². The van der Waals surface area contributed by atoms with E-state index in [0.29, 0.717) is 21.8 Å². The monoisotopic (exact) mass is 360 g/mol. The fourth-order valence-corrected chi connectivity index (χ4v) is 4.69. The second-order valence-corrected chi connectivity index (χ2v) is 7.98. The van der Waals surface area contributed by atoms with Crippen LogP contribution in [0.3, 0.4) is 0 Å². The minimum atomic E-state index is -3.48. The molecule has 1 fully saturated rings. The lowest BCUT2D eigenvalue weighted by Crippen LogP contribution is -2.34. The van der Waals surface area contributed by atoms with Gasteiger partial charge in [-0.15, -0.1) is 0 Å². The van der Waals surface area contributed by atoms with E-state index >= 15 is 0 Å². The molecule has 2 rings (SSSR count). The summed E-state index contributed by atoms with van der Waals surface area (Å²) in [7, 11) is -1.64. The number of halogens is 1. The molecule has 1 aliphatic rings. The summed E-state index contributed by atoms with van der Waals surface area (Å²) in [5.74, 6) is 0.491. The third-order valence-electron chi connectivity index (χ3n) is 3.62. The molecule has 0 saturated heterocycles. The largest absolute Gasteiger partial charge is 0.316 e. The van der Waals surface area contributed by atoms with Gasteiger partial charge in [0.05, 0.1) is 4.90 Å². The molecule has 0 heterocycles. The van der Waals surface area contributed by atoms with Gasteiger partial charge in [0.1, 0.15) is 0 Å². The SMILES string of the molecule is CNCc1cc(C)c(Br)c(S(=O)(=O)NC(C)C2CC2)c1. The summed E-state index contributed by atoms with van der Waals surface area (Å²) in [6.07, 6.45) is 2.23. The highest BCUT2D eigenvalue weighted by Gasteiger charge is 2.32. The first-order chi connectivity index (χ1) is 9.35. The topological polar surface area (TPSA) is 58.2 Å². The summed E-state index contributed by atoms with van der Waals surface area (Å²) in [5, 5.41) is 3.05. The molecule has 112 valence electrons. The van der Waals surface area contributed by atoms with E-state index in [1.54, 1.807) is 6.07 Å². The van der Waals surface area contributed by atoms with Gasteiger partial charge in [-0.05, 0) is 72.8 Å². The number of aryl methyl sites for hydroxylation is 1. The fourth-order valence-electron chi connectivity index (χ4n) is 2.31. The number of nitrogens with one attached hydrogen (secondary N) is 2. The Kier molecular flexibility index (Phi) is 4.89. The Labute approximate surface area is 129 Å². The molecule has 0 radical (unpaired) electrons. The third kappa shape index (κ3) is 3.61. The first kappa shape index (κ1) is 15.9. The van der Waals surface area contributed by atoms with Gasteiger partial charge < -0.3 is 5.32 Å². The van der Waals surface area contributed by atoms with Gasteiger partial charge in [0.25, 0.3) is 0 Å². The van der Waals surface area contributed by atoms with Crippen LogP contribution in [0.1, 0.15) is 30.9 Å². The molecule has 4 nitrogen and oxygen atoms in total. The highest BCUT2D eigenvalue weighted by molar-refractivity contribution is 9.10. The maximum Gasteiger partial charge on any atom is 0.241 e. The normalized spacial score (nSPS) is 17.2. The zero-order valence-electron chi connectivity index (χ0n) is 12.0. The van der Waals surface area contributed by atoms with E-state index in [0.717, 1.165) is 24.0 Å². The Morgan fingerprint density at radius 2 is 2.05 bits per heavy atom.